The molecular weight excluding hydrogens is 595 g/mol. The molecule has 0 aliphatic heterocycles. The van der Waals surface area contributed by atoms with Crippen molar-refractivity contribution in [2.45, 2.75) is 19.3 Å². The Morgan fingerprint density at radius 3 is 1.04 bits per heavy atom. The van der Waals surface area contributed by atoms with E-state index in [0.29, 0.717) is 0 Å². The van der Waals surface area contributed by atoms with Gasteiger partial charge >= 0.3 is 7.82 Å². The van der Waals surface area contributed by atoms with Crippen molar-refractivity contribution in [3.63, 3.8) is 0 Å². The Labute approximate surface area is 268 Å². The first-order valence-corrected chi connectivity index (χ1v) is 16.3. The van der Waals surface area contributed by atoms with Crippen LogP contribution in [-0.2, 0) is 9.98 Å². The van der Waals surface area contributed by atoms with Gasteiger partial charge in [0.15, 0.2) is 0 Å². The molecule has 5 N–H and O–H groups in total. The quantitative estimate of drug-likeness (QED) is 0.117. The van der Waals surface area contributed by atoms with Gasteiger partial charge in [0.1, 0.15) is 11.5 Å². The minimum absolute atomic E-state index is 0.233. The van der Waals surface area contributed by atoms with Crippen molar-refractivity contribution in [3.8, 4) is 56.0 Å². The first-order valence-electron chi connectivity index (χ1n) is 14.7. The van der Waals surface area contributed by atoms with Crippen LogP contribution >= 0.6 is 7.82 Å². The molecular formula is C39H35O6P. The van der Waals surface area contributed by atoms with Crippen LogP contribution in [0.4, 0.5) is 0 Å². The Hall–Kier alpha value is -4.97. The average molecular weight is 631 g/mol. The second-order valence-corrected chi connectivity index (χ2v) is 12.4. The molecule has 0 heterocycles. The topological polar surface area (TPSA) is 118 Å². The van der Waals surface area contributed by atoms with Crippen molar-refractivity contribution in [1.82, 2.24) is 0 Å². The summed E-state index contributed by atoms with van der Waals surface area (Å²) in [4.78, 5) is 21.6. The molecule has 0 unspecified atom stereocenters. The van der Waals surface area contributed by atoms with E-state index < -0.39 is 13.2 Å². The third-order valence-corrected chi connectivity index (χ3v) is 7.94. The van der Waals surface area contributed by atoms with Crippen molar-refractivity contribution in [3.05, 3.63) is 157 Å². The fourth-order valence-corrected chi connectivity index (χ4v) is 5.94. The van der Waals surface area contributed by atoms with Crippen LogP contribution in [0.25, 0.3) is 44.5 Å². The monoisotopic (exact) mass is 630 g/mol. The number of hydrogen-bond acceptors (Lipinski definition) is 3. The summed E-state index contributed by atoms with van der Waals surface area (Å²) in [6, 6.07) is 48.5. The zero-order valence-electron chi connectivity index (χ0n) is 25.4. The molecule has 6 rings (SSSR count). The molecule has 0 aliphatic carbocycles. The molecule has 7 heteroatoms. The van der Waals surface area contributed by atoms with Gasteiger partial charge in [0, 0.05) is 16.5 Å². The number of rotatable bonds is 6. The van der Waals surface area contributed by atoms with Crippen LogP contribution in [0.3, 0.4) is 0 Å². The lowest BCUT2D eigenvalue weighted by molar-refractivity contribution is 0.275. The van der Waals surface area contributed by atoms with E-state index in [1.165, 1.54) is 0 Å². The summed E-state index contributed by atoms with van der Waals surface area (Å²) in [5, 5.41) is 22.6. The maximum absolute atomic E-state index is 12.4. The third kappa shape index (κ3) is 7.12. The van der Waals surface area contributed by atoms with Crippen LogP contribution in [0.2, 0.25) is 0 Å². The number of hydrogen-bond donors (Lipinski definition) is 5. The van der Waals surface area contributed by atoms with E-state index in [4.69, 9.17) is 19.2 Å². The molecule has 0 bridgehead atoms. The van der Waals surface area contributed by atoms with Crippen molar-refractivity contribution < 1.29 is 29.5 Å². The maximum Gasteiger partial charge on any atom is 0.466 e. The Morgan fingerprint density at radius 2 is 0.739 bits per heavy atom. The largest absolute Gasteiger partial charge is 0.508 e. The lowest BCUT2D eigenvalue weighted by Gasteiger charge is -2.35. The van der Waals surface area contributed by atoms with Gasteiger partial charge in [-0.05, 0) is 56.6 Å². The fourth-order valence-electron chi connectivity index (χ4n) is 5.94. The zero-order chi connectivity index (χ0) is 32.9. The van der Waals surface area contributed by atoms with E-state index in [1.54, 1.807) is 12.1 Å². The summed E-state index contributed by atoms with van der Waals surface area (Å²) in [7, 11) is -4.64. The molecule has 0 fully saturated rings. The molecule has 0 spiro atoms. The van der Waals surface area contributed by atoms with Gasteiger partial charge in [-0.15, -0.1) is 0 Å². The minimum Gasteiger partial charge on any atom is -0.508 e. The second-order valence-electron chi connectivity index (χ2n) is 11.4. The maximum atomic E-state index is 12.4. The molecule has 6 nitrogen and oxygen atoms in total. The van der Waals surface area contributed by atoms with Gasteiger partial charge in [-0.25, -0.2) is 4.57 Å². The highest BCUT2D eigenvalue weighted by Gasteiger charge is 2.35. The SMILES string of the molecule is CC(C)(c1ccc(O)cc1)c1c(-c2ccccc2)c(-c2ccccc2)c(O)c(-c2ccccc2)c1-c1ccccc1.O=P(O)(O)O. The van der Waals surface area contributed by atoms with Gasteiger partial charge in [-0.3, -0.25) is 0 Å². The zero-order valence-corrected chi connectivity index (χ0v) is 26.3. The van der Waals surface area contributed by atoms with Crippen molar-refractivity contribution in [1.29, 1.82) is 0 Å². The van der Waals surface area contributed by atoms with Crippen molar-refractivity contribution in [2.75, 3.05) is 0 Å². The second kappa shape index (κ2) is 13.6. The number of phosphoric acid groups is 1. The van der Waals surface area contributed by atoms with Crippen LogP contribution in [0, 0.1) is 0 Å². The van der Waals surface area contributed by atoms with E-state index in [-0.39, 0.29) is 11.5 Å². The van der Waals surface area contributed by atoms with Gasteiger partial charge in [-0.2, -0.15) is 0 Å². The van der Waals surface area contributed by atoms with E-state index in [1.807, 2.05) is 84.9 Å². The van der Waals surface area contributed by atoms with Crippen molar-refractivity contribution >= 4 is 7.82 Å². The first kappa shape index (κ1) is 32.4. The van der Waals surface area contributed by atoms with E-state index in [0.717, 1.165) is 55.6 Å². The Morgan fingerprint density at radius 1 is 0.457 bits per heavy atom. The molecule has 0 atom stereocenters. The summed E-state index contributed by atoms with van der Waals surface area (Å²) in [5.74, 6) is 0.488. The predicted octanol–water partition coefficient (Wildman–Crippen LogP) is 9.16. The summed E-state index contributed by atoms with van der Waals surface area (Å²) >= 11 is 0. The summed E-state index contributed by atoms with van der Waals surface area (Å²) in [6.45, 7) is 4.46. The van der Waals surface area contributed by atoms with Crippen LogP contribution in [-0.4, -0.2) is 24.9 Å². The van der Waals surface area contributed by atoms with Crippen LogP contribution < -0.4 is 0 Å². The lowest BCUT2D eigenvalue weighted by atomic mass is 9.68. The molecule has 6 aromatic carbocycles. The Kier molecular flexibility index (Phi) is 9.57. The molecule has 6 aromatic rings. The highest BCUT2D eigenvalue weighted by molar-refractivity contribution is 7.45. The van der Waals surface area contributed by atoms with E-state index >= 15 is 0 Å². The van der Waals surface area contributed by atoms with E-state index in [9.17, 15) is 10.2 Å². The molecule has 0 aromatic heterocycles. The smallest absolute Gasteiger partial charge is 0.466 e. The fraction of sp³-hybridized carbons (Fsp3) is 0.0769. The molecule has 46 heavy (non-hydrogen) atoms. The minimum atomic E-state index is -4.64. The number of aromatic hydroxyl groups is 2. The average Bonchev–Trinajstić information content (AvgIpc) is 3.05. The Bertz CT molecular complexity index is 1840. The first-order chi connectivity index (χ1) is 22.0. The third-order valence-electron chi connectivity index (χ3n) is 7.94. The summed E-state index contributed by atoms with van der Waals surface area (Å²) in [6.07, 6.45) is 0. The lowest BCUT2D eigenvalue weighted by Crippen LogP contribution is -2.22. The highest BCUT2D eigenvalue weighted by atomic mass is 31.2. The molecule has 0 radical (unpaired) electrons. The van der Waals surface area contributed by atoms with Gasteiger partial charge in [0.05, 0.1) is 0 Å². The van der Waals surface area contributed by atoms with Gasteiger partial charge in [0.2, 0.25) is 0 Å². The normalized spacial score (nSPS) is 11.4. The Balaban J connectivity index is 0.000000775. The van der Waals surface area contributed by atoms with Crippen LogP contribution in [0.1, 0.15) is 25.0 Å². The van der Waals surface area contributed by atoms with E-state index in [2.05, 4.69) is 62.4 Å². The molecule has 0 amide bonds. The van der Waals surface area contributed by atoms with Crippen LogP contribution in [0.5, 0.6) is 11.5 Å². The molecule has 0 saturated heterocycles. The van der Waals surface area contributed by atoms with Gasteiger partial charge < -0.3 is 24.9 Å². The summed E-state index contributed by atoms with van der Waals surface area (Å²) in [5.41, 5.74) is 9.19. The molecule has 0 saturated carbocycles. The highest BCUT2D eigenvalue weighted by Crippen LogP contribution is 2.56. The summed E-state index contributed by atoms with van der Waals surface area (Å²) < 4.78 is 8.88. The van der Waals surface area contributed by atoms with Crippen LogP contribution in [0.15, 0.2) is 146 Å². The van der Waals surface area contributed by atoms with Gasteiger partial charge in [-0.1, -0.05) is 147 Å². The number of phenolic OH excluding ortho intramolecular Hbond substituents is 2. The predicted molar refractivity (Wildman–Crippen MR) is 184 cm³/mol. The van der Waals surface area contributed by atoms with Gasteiger partial charge in [0.25, 0.3) is 0 Å². The standard InChI is InChI=1S/C39H32O2.H3O4P/c1-39(2,31-23-25-32(40)26-24-31)37-33(27-15-7-3-8-16-27)35(29-19-11-5-12-20-29)38(41)36(30-21-13-6-14-22-30)34(37)28-17-9-4-10-18-28;1-5(2,3)4/h3-26,40-41H,1-2H3;(H3,1,2,3,4). The number of phenols is 2. The molecule has 0 aliphatic rings. The molecule has 232 valence electrons. The number of benzene rings is 6. The van der Waals surface area contributed by atoms with Crippen molar-refractivity contribution in [2.24, 2.45) is 0 Å².